The minimum Gasteiger partial charge on any atom is -0.357 e. The Balaban J connectivity index is 1.74. The number of hydrogen-bond acceptors (Lipinski definition) is 6. The summed E-state index contributed by atoms with van der Waals surface area (Å²) in [6.45, 7) is 1.64. The molecule has 3 heterocycles. The SMILES string of the molecule is CNC(=O)[C@H](Cc1cscn1)NC(=O)c1nc(-c2cc(Cl)c(F)cc2F)n2c1CN(C)CCC2. The zero-order chi connectivity index (χ0) is 24.4. The van der Waals surface area contributed by atoms with E-state index < -0.39 is 23.6 Å². The summed E-state index contributed by atoms with van der Waals surface area (Å²) in [7, 11) is 3.40. The number of benzene rings is 1. The van der Waals surface area contributed by atoms with Crippen LogP contribution in [0.1, 0.15) is 28.3 Å². The number of nitrogens with one attached hydrogen (secondary N) is 2. The zero-order valence-electron chi connectivity index (χ0n) is 18.6. The molecule has 0 unspecified atom stereocenters. The summed E-state index contributed by atoms with van der Waals surface area (Å²) < 4.78 is 30.3. The number of fused-ring (bicyclic) bond motifs is 1. The molecule has 0 spiro atoms. The zero-order valence-corrected chi connectivity index (χ0v) is 20.1. The van der Waals surface area contributed by atoms with Gasteiger partial charge < -0.3 is 20.1 Å². The quantitative estimate of drug-likeness (QED) is 0.500. The van der Waals surface area contributed by atoms with E-state index in [1.54, 1.807) is 15.5 Å². The molecule has 1 aliphatic rings. The Labute approximate surface area is 204 Å². The van der Waals surface area contributed by atoms with Crippen molar-refractivity contribution in [2.45, 2.75) is 32.0 Å². The maximum Gasteiger partial charge on any atom is 0.272 e. The van der Waals surface area contributed by atoms with Crippen molar-refractivity contribution in [3.05, 3.63) is 56.8 Å². The first-order valence-corrected chi connectivity index (χ1v) is 11.9. The van der Waals surface area contributed by atoms with Crippen molar-refractivity contribution >= 4 is 34.8 Å². The second-order valence-electron chi connectivity index (χ2n) is 8.04. The van der Waals surface area contributed by atoms with Crippen LogP contribution < -0.4 is 10.6 Å². The van der Waals surface area contributed by atoms with Crippen LogP contribution in [0, 0.1) is 11.6 Å². The number of thiazole rings is 1. The fourth-order valence-corrected chi connectivity index (χ4v) is 4.69. The van der Waals surface area contributed by atoms with E-state index >= 15 is 0 Å². The van der Waals surface area contributed by atoms with Crippen LogP contribution >= 0.6 is 22.9 Å². The third-order valence-corrected chi connectivity index (χ3v) is 6.57. The van der Waals surface area contributed by atoms with Crippen molar-refractivity contribution in [2.75, 3.05) is 20.6 Å². The van der Waals surface area contributed by atoms with Gasteiger partial charge in [0.2, 0.25) is 5.91 Å². The summed E-state index contributed by atoms with van der Waals surface area (Å²) >= 11 is 7.31. The van der Waals surface area contributed by atoms with Gasteiger partial charge in [0.15, 0.2) is 5.69 Å². The van der Waals surface area contributed by atoms with Crippen LogP contribution in [0.2, 0.25) is 5.02 Å². The van der Waals surface area contributed by atoms with Crippen LogP contribution in [-0.4, -0.2) is 57.9 Å². The van der Waals surface area contributed by atoms with E-state index in [0.717, 1.165) is 13.0 Å². The Morgan fingerprint density at radius 1 is 1.26 bits per heavy atom. The number of nitrogens with zero attached hydrogens (tertiary/aromatic N) is 4. The van der Waals surface area contributed by atoms with Gasteiger partial charge in [-0.05, 0) is 26.1 Å². The Hall–Kier alpha value is -2.89. The van der Waals surface area contributed by atoms with Gasteiger partial charge in [0, 0.05) is 38.0 Å². The lowest BCUT2D eigenvalue weighted by atomic mass is 10.1. The van der Waals surface area contributed by atoms with Crippen LogP contribution in [0.3, 0.4) is 0 Å². The van der Waals surface area contributed by atoms with Gasteiger partial charge in [0.1, 0.15) is 23.5 Å². The first kappa shape index (κ1) is 24.2. The molecule has 1 aromatic carbocycles. The topological polar surface area (TPSA) is 92.1 Å². The van der Waals surface area contributed by atoms with Gasteiger partial charge >= 0.3 is 0 Å². The van der Waals surface area contributed by atoms with Crippen LogP contribution in [0.25, 0.3) is 11.4 Å². The maximum absolute atomic E-state index is 14.7. The molecule has 0 radical (unpaired) electrons. The summed E-state index contributed by atoms with van der Waals surface area (Å²) in [4.78, 5) is 36.5. The molecule has 4 rings (SSSR count). The lowest BCUT2D eigenvalue weighted by Crippen LogP contribution is -2.47. The average Bonchev–Trinajstić information content (AvgIpc) is 3.39. The van der Waals surface area contributed by atoms with E-state index in [2.05, 4.69) is 20.6 Å². The van der Waals surface area contributed by atoms with E-state index in [9.17, 15) is 18.4 Å². The number of amides is 2. The number of carbonyl (C=O) groups is 2. The predicted octanol–water partition coefficient (Wildman–Crippen LogP) is 2.86. The van der Waals surface area contributed by atoms with E-state index in [4.69, 9.17) is 11.6 Å². The number of likely N-dealkylation sites (N-methyl/N-ethyl adjacent to an activating group) is 1. The first-order chi connectivity index (χ1) is 16.3. The normalized spacial score (nSPS) is 14.9. The van der Waals surface area contributed by atoms with Crippen molar-refractivity contribution in [1.82, 2.24) is 30.1 Å². The minimum atomic E-state index is -0.876. The van der Waals surface area contributed by atoms with Gasteiger partial charge in [-0.25, -0.2) is 18.7 Å². The molecule has 34 heavy (non-hydrogen) atoms. The van der Waals surface area contributed by atoms with Crippen LogP contribution in [-0.2, 0) is 24.3 Å². The number of imidazole rings is 1. The van der Waals surface area contributed by atoms with Crippen molar-refractivity contribution in [3.63, 3.8) is 0 Å². The number of rotatable bonds is 6. The van der Waals surface area contributed by atoms with E-state index in [1.165, 1.54) is 24.5 Å². The molecule has 0 aliphatic carbocycles. The fourth-order valence-electron chi connectivity index (χ4n) is 3.96. The molecule has 2 N–H and O–H groups in total. The molecule has 0 saturated carbocycles. The standard InChI is InChI=1S/C22H23ClF2N6O2S/c1-26-21(32)17(6-12-10-34-11-27-12)28-22(33)19-18-9-30(2)4-3-5-31(18)20(29-19)13-7-14(23)16(25)8-15(13)24/h7-8,10-11,17H,3-6,9H2,1-2H3,(H,26,32)(H,28,33)/t17-/m0/s1. The molecule has 180 valence electrons. The molecule has 0 fully saturated rings. The second-order valence-corrected chi connectivity index (χ2v) is 9.17. The molecule has 1 atom stereocenters. The molecular weight excluding hydrogens is 486 g/mol. The van der Waals surface area contributed by atoms with Crippen molar-refractivity contribution < 1.29 is 18.4 Å². The highest BCUT2D eigenvalue weighted by molar-refractivity contribution is 7.07. The number of aromatic nitrogens is 3. The molecular formula is C22H23ClF2N6O2S. The van der Waals surface area contributed by atoms with E-state index in [0.29, 0.717) is 30.5 Å². The van der Waals surface area contributed by atoms with Gasteiger partial charge in [-0.2, -0.15) is 0 Å². The number of hydrogen-bond donors (Lipinski definition) is 2. The molecule has 12 heteroatoms. The summed E-state index contributed by atoms with van der Waals surface area (Å²) in [6, 6.07) is 1.01. The van der Waals surface area contributed by atoms with Crippen LogP contribution in [0.15, 0.2) is 23.0 Å². The van der Waals surface area contributed by atoms with Gasteiger partial charge in [-0.3, -0.25) is 9.59 Å². The Morgan fingerprint density at radius 2 is 2.06 bits per heavy atom. The number of halogens is 3. The summed E-state index contributed by atoms with van der Waals surface area (Å²) in [5.41, 5.74) is 2.98. The Bertz CT molecular complexity index is 1220. The van der Waals surface area contributed by atoms with Crippen molar-refractivity contribution in [1.29, 1.82) is 0 Å². The highest BCUT2D eigenvalue weighted by atomic mass is 35.5. The second kappa shape index (κ2) is 10.2. The largest absolute Gasteiger partial charge is 0.357 e. The molecule has 2 amide bonds. The molecule has 8 nitrogen and oxygen atoms in total. The highest BCUT2D eigenvalue weighted by Gasteiger charge is 2.30. The lowest BCUT2D eigenvalue weighted by Gasteiger charge is -2.17. The Morgan fingerprint density at radius 3 is 2.76 bits per heavy atom. The van der Waals surface area contributed by atoms with Crippen molar-refractivity contribution in [2.24, 2.45) is 0 Å². The Kier molecular flexibility index (Phi) is 7.24. The summed E-state index contributed by atoms with van der Waals surface area (Å²) in [6.07, 6.45) is 0.953. The molecule has 0 bridgehead atoms. The van der Waals surface area contributed by atoms with Crippen molar-refractivity contribution in [3.8, 4) is 11.4 Å². The van der Waals surface area contributed by atoms with Gasteiger partial charge in [-0.1, -0.05) is 11.6 Å². The smallest absolute Gasteiger partial charge is 0.272 e. The molecule has 1 aliphatic heterocycles. The molecule has 0 saturated heterocycles. The van der Waals surface area contributed by atoms with Gasteiger partial charge in [-0.15, -0.1) is 11.3 Å². The monoisotopic (exact) mass is 508 g/mol. The third kappa shape index (κ3) is 4.96. The average molecular weight is 509 g/mol. The van der Waals surface area contributed by atoms with Gasteiger partial charge in [0.25, 0.3) is 5.91 Å². The van der Waals surface area contributed by atoms with Gasteiger partial charge in [0.05, 0.1) is 27.5 Å². The number of carbonyl (C=O) groups excluding carboxylic acids is 2. The fraction of sp³-hybridized carbons (Fsp3) is 0.364. The van der Waals surface area contributed by atoms with E-state index in [1.807, 2.05) is 11.9 Å². The van der Waals surface area contributed by atoms with E-state index in [-0.39, 0.29) is 34.4 Å². The third-order valence-electron chi connectivity index (χ3n) is 5.64. The molecule has 2 aromatic heterocycles. The summed E-state index contributed by atoms with van der Waals surface area (Å²) in [5, 5.41) is 6.86. The minimum absolute atomic E-state index is 0.00146. The van der Waals surface area contributed by atoms with Crippen LogP contribution in [0.4, 0.5) is 8.78 Å². The summed E-state index contributed by atoms with van der Waals surface area (Å²) in [5.74, 6) is -2.46. The highest BCUT2D eigenvalue weighted by Crippen LogP contribution is 2.31. The van der Waals surface area contributed by atoms with Crippen LogP contribution in [0.5, 0.6) is 0 Å². The predicted molar refractivity (Wildman–Crippen MR) is 125 cm³/mol. The molecule has 3 aromatic rings. The maximum atomic E-state index is 14.7. The first-order valence-electron chi connectivity index (χ1n) is 10.6. The lowest BCUT2D eigenvalue weighted by molar-refractivity contribution is -0.122.